The van der Waals surface area contributed by atoms with Gasteiger partial charge in [0, 0.05) is 48.9 Å². The highest BCUT2D eigenvalue weighted by atomic mass is 35.5. The van der Waals surface area contributed by atoms with Crippen LogP contribution in [0.4, 0.5) is 5.69 Å². The summed E-state index contributed by atoms with van der Waals surface area (Å²) in [6, 6.07) is 17.7. The molecule has 192 valence electrons. The third kappa shape index (κ3) is 5.30. The van der Waals surface area contributed by atoms with E-state index in [2.05, 4.69) is 29.2 Å². The lowest BCUT2D eigenvalue weighted by atomic mass is 9.89. The molecule has 0 bridgehead atoms. The molecule has 0 aromatic heterocycles. The quantitative estimate of drug-likeness (QED) is 0.455. The van der Waals surface area contributed by atoms with Crippen molar-refractivity contribution >= 4 is 29.2 Å². The van der Waals surface area contributed by atoms with Crippen LogP contribution in [0.3, 0.4) is 0 Å². The second-order valence-corrected chi connectivity index (χ2v) is 10.1. The van der Waals surface area contributed by atoms with Crippen LogP contribution in [0, 0.1) is 0 Å². The molecule has 0 spiro atoms. The number of nitrogens with zero attached hydrogens (tertiary/aromatic N) is 2. The summed E-state index contributed by atoms with van der Waals surface area (Å²) in [7, 11) is 1.60. The Labute approximate surface area is 222 Å². The first kappa shape index (κ1) is 25.2. The number of amides is 1. The molecule has 1 N–H and O–H groups in total. The summed E-state index contributed by atoms with van der Waals surface area (Å²) in [5.74, 6) is -0.0977. The van der Waals surface area contributed by atoms with Crippen LogP contribution in [0.25, 0.3) is 11.1 Å². The number of hydrogen-bond donors (Lipinski definition) is 1. The zero-order valence-corrected chi connectivity index (χ0v) is 21.8. The maximum absolute atomic E-state index is 13.4. The first-order valence-corrected chi connectivity index (χ1v) is 13.1. The third-order valence-electron chi connectivity index (χ3n) is 7.42. The van der Waals surface area contributed by atoms with E-state index in [4.69, 9.17) is 16.3 Å². The van der Waals surface area contributed by atoms with Gasteiger partial charge in [-0.1, -0.05) is 41.9 Å². The van der Waals surface area contributed by atoms with E-state index in [0.29, 0.717) is 48.8 Å². The molecule has 0 fully saturated rings. The molecule has 3 aromatic rings. The molecule has 0 saturated carbocycles. The minimum Gasteiger partial charge on any atom is -0.496 e. The Bertz CT molecular complexity index is 1340. The summed E-state index contributed by atoms with van der Waals surface area (Å²) in [6.07, 6.45) is 3.25. The van der Waals surface area contributed by atoms with Crippen molar-refractivity contribution in [1.82, 2.24) is 4.90 Å². The maximum Gasteiger partial charge on any atom is 0.307 e. The fraction of sp³-hybridized carbons (Fsp3) is 0.333. The number of halogens is 1. The van der Waals surface area contributed by atoms with Crippen molar-refractivity contribution in [2.24, 2.45) is 0 Å². The zero-order valence-electron chi connectivity index (χ0n) is 21.0. The van der Waals surface area contributed by atoms with Gasteiger partial charge in [-0.15, -0.1) is 0 Å². The van der Waals surface area contributed by atoms with Crippen molar-refractivity contribution in [1.29, 1.82) is 0 Å². The van der Waals surface area contributed by atoms with Gasteiger partial charge in [0.15, 0.2) is 0 Å². The van der Waals surface area contributed by atoms with Crippen molar-refractivity contribution in [3.05, 3.63) is 81.9 Å². The van der Waals surface area contributed by atoms with Gasteiger partial charge in [0.1, 0.15) is 5.75 Å². The average Bonchev–Trinajstić information content (AvgIpc) is 2.91. The van der Waals surface area contributed by atoms with E-state index in [1.807, 2.05) is 23.1 Å². The summed E-state index contributed by atoms with van der Waals surface area (Å²) in [5.41, 5.74) is 7.07. The number of carbonyl (C=O) groups is 2. The number of para-hydroxylation sites is 1. The van der Waals surface area contributed by atoms with Crippen LogP contribution in [0.1, 0.15) is 35.1 Å². The van der Waals surface area contributed by atoms with Crippen LogP contribution in [0.5, 0.6) is 5.75 Å². The largest absolute Gasteiger partial charge is 0.496 e. The van der Waals surface area contributed by atoms with E-state index in [0.717, 1.165) is 41.6 Å². The van der Waals surface area contributed by atoms with E-state index in [9.17, 15) is 14.7 Å². The number of benzene rings is 3. The number of fused-ring (bicyclic) bond motifs is 2. The number of aliphatic carboxylic acids is 1. The van der Waals surface area contributed by atoms with Gasteiger partial charge in [0.2, 0.25) is 5.91 Å². The second-order valence-electron chi connectivity index (χ2n) is 9.69. The number of aryl methyl sites for hydroxylation is 1. The number of carboxylic acid groups (broad SMARTS) is 1. The monoisotopic (exact) mass is 518 g/mol. The van der Waals surface area contributed by atoms with Crippen LogP contribution in [-0.4, -0.2) is 48.6 Å². The van der Waals surface area contributed by atoms with Gasteiger partial charge in [0.05, 0.1) is 13.5 Å². The molecule has 5 rings (SSSR count). The lowest BCUT2D eigenvalue weighted by Gasteiger charge is -2.34. The Kier molecular flexibility index (Phi) is 7.38. The Hall–Kier alpha value is -3.51. The molecule has 0 aliphatic carbocycles. The Morgan fingerprint density at radius 1 is 1.00 bits per heavy atom. The van der Waals surface area contributed by atoms with E-state index < -0.39 is 5.97 Å². The van der Waals surface area contributed by atoms with Gasteiger partial charge in [-0.05, 0) is 71.3 Å². The van der Waals surface area contributed by atoms with Crippen molar-refractivity contribution in [3.63, 3.8) is 0 Å². The second kappa shape index (κ2) is 10.9. The molecule has 3 aromatic carbocycles. The molecule has 6 nitrogen and oxygen atoms in total. The van der Waals surface area contributed by atoms with Gasteiger partial charge in [0.25, 0.3) is 0 Å². The SMILES string of the molecule is COc1ccc(CC(=O)O)cc1-c1ccc(Cl)c2c1CN(C(=O)CCN1CCCc3ccccc31)CC2. The molecule has 2 aliphatic rings. The highest BCUT2D eigenvalue weighted by molar-refractivity contribution is 6.31. The molecule has 37 heavy (non-hydrogen) atoms. The zero-order chi connectivity index (χ0) is 25.9. The number of methoxy groups -OCH3 is 1. The summed E-state index contributed by atoms with van der Waals surface area (Å²) >= 11 is 6.59. The van der Waals surface area contributed by atoms with Crippen molar-refractivity contribution in [3.8, 4) is 16.9 Å². The number of rotatable bonds is 7. The van der Waals surface area contributed by atoms with Crippen LogP contribution in [0.15, 0.2) is 54.6 Å². The van der Waals surface area contributed by atoms with Crippen molar-refractivity contribution in [2.75, 3.05) is 31.6 Å². The number of hydrogen-bond acceptors (Lipinski definition) is 4. The summed E-state index contributed by atoms with van der Waals surface area (Å²) < 4.78 is 5.62. The van der Waals surface area contributed by atoms with Crippen molar-refractivity contribution < 1.29 is 19.4 Å². The predicted molar refractivity (Wildman–Crippen MR) is 145 cm³/mol. The van der Waals surface area contributed by atoms with Gasteiger partial charge in [-0.2, -0.15) is 0 Å². The minimum absolute atomic E-state index is 0.0724. The molecule has 2 aliphatic heterocycles. The molecular formula is C30H31ClN2O4. The first-order valence-electron chi connectivity index (χ1n) is 12.7. The highest BCUT2D eigenvalue weighted by Gasteiger charge is 2.27. The maximum atomic E-state index is 13.4. The van der Waals surface area contributed by atoms with Crippen LogP contribution < -0.4 is 9.64 Å². The fourth-order valence-electron chi connectivity index (χ4n) is 5.58. The first-order chi connectivity index (χ1) is 17.9. The molecular weight excluding hydrogens is 488 g/mol. The molecule has 7 heteroatoms. The van der Waals surface area contributed by atoms with E-state index >= 15 is 0 Å². The molecule has 0 saturated heterocycles. The van der Waals surface area contributed by atoms with Crippen LogP contribution in [-0.2, 0) is 35.4 Å². The van der Waals surface area contributed by atoms with Gasteiger partial charge in [-0.3, -0.25) is 9.59 Å². The summed E-state index contributed by atoms with van der Waals surface area (Å²) in [6.45, 7) is 2.76. The van der Waals surface area contributed by atoms with Crippen LogP contribution in [0.2, 0.25) is 5.02 Å². The minimum atomic E-state index is -0.887. The summed E-state index contributed by atoms with van der Waals surface area (Å²) in [4.78, 5) is 28.9. The summed E-state index contributed by atoms with van der Waals surface area (Å²) in [5, 5.41) is 9.97. The fourth-order valence-corrected chi connectivity index (χ4v) is 5.85. The number of ether oxygens (including phenoxy) is 1. The standard InChI is InChI=1S/C30H31ClN2O4/c1-37-28-11-8-20(18-30(35)36)17-24(28)22-9-10-26(31)23-12-15-33(19-25(22)23)29(34)13-16-32-14-4-6-21-5-2-3-7-27(21)32/h2-3,5,7-11,17H,4,6,12-16,18-19H2,1H3,(H,35,36). The Morgan fingerprint density at radius 2 is 1.84 bits per heavy atom. The van der Waals surface area contributed by atoms with E-state index in [1.165, 1.54) is 11.3 Å². The smallest absolute Gasteiger partial charge is 0.307 e. The van der Waals surface area contributed by atoms with Gasteiger partial charge < -0.3 is 19.6 Å². The third-order valence-corrected chi connectivity index (χ3v) is 7.77. The predicted octanol–water partition coefficient (Wildman–Crippen LogP) is 5.37. The molecule has 0 radical (unpaired) electrons. The number of anilines is 1. The van der Waals surface area contributed by atoms with Crippen LogP contribution >= 0.6 is 11.6 Å². The van der Waals surface area contributed by atoms with Gasteiger partial charge >= 0.3 is 5.97 Å². The Morgan fingerprint density at radius 3 is 2.65 bits per heavy atom. The normalized spacial score (nSPS) is 14.6. The highest BCUT2D eigenvalue weighted by Crippen LogP contribution is 2.39. The topological polar surface area (TPSA) is 70.1 Å². The number of carbonyl (C=O) groups excluding carboxylic acids is 1. The van der Waals surface area contributed by atoms with Gasteiger partial charge in [-0.25, -0.2) is 0 Å². The van der Waals surface area contributed by atoms with E-state index in [-0.39, 0.29) is 12.3 Å². The van der Waals surface area contributed by atoms with E-state index in [1.54, 1.807) is 19.2 Å². The lowest BCUT2D eigenvalue weighted by Crippen LogP contribution is -2.39. The average molecular weight is 519 g/mol. The molecule has 0 atom stereocenters. The lowest BCUT2D eigenvalue weighted by molar-refractivity contribution is -0.136. The molecule has 1 amide bonds. The molecule has 0 unspecified atom stereocenters. The number of carboxylic acids is 1. The Balaban J connectivity index is 1.38. The molecule has 2 heterocycles. The van der Waals surface area contributed by atoms with Crippen molar-refractivity contribution in [2.45, 2.75) is 38.6 Å².